The molecule has 2 saturated heterocycles. The van der Waals surface area contributed by atoms with Crippen LogP contribution in [0.5, 0.6) is 0 Å². The Balaban J connectivity index is 1.44. The van der Waals surface area contributed by atoms with Gasteiger partial charge in [-0.15, -0.1) is 11.8 Å². The van der Waals surface area contributed by atoms with Gasteiger partial charge in [0.1, 0.15) is 0 Å². The number of carbonyl (C=O) groups excluding carboxylic acids is 2. The summed E-state index contributed by atoms with van der Waals surface area (Å²) in [7, 11) is 0. The minimum Gasteiger partial charge on any atom is -0.334 e. The van der Waals surface area contributed by atoms with Gasteiger partial charge in [0.25, 0.3) is 0 Å². The molecular weight excluding hydrogens is 427 g/mol. The van der Waals surface area contributed by atoms with Gasteiger partial charge in [0.15, 0.2) is 0 Å². The Bertz CT molecular complexity index is 960. The van der Waals surface area contributed by atoms with Crippen molar-refractivity contribution < 1.29 is 22.8 Å². The minimum atomic E-state index is -4.47. The number of urea groups is 1. The molecule has 164 valence electrons. The standard InChI is InChI=1S/C22H22F3N3O2S/c23-22(24,25)17-7-4-8-18(13-17)28-19(29)15-31-21(28)9-11-27(12-10-21)20(30)26-14-16-5-2-1-3-6-16/h1-8,13H,9-12,14-15H2,(H,26,30). The van der Waals surface area contributed by atoms with Gasteiger partial charge in [-0.1, -0.05) is 36.4 Å². The van der Waals surface area contributed by atoms with Gasteiger partial charge in [-0.25, -0.2) is 4.79 Å². The SMILES string of the molecule is O=C(NCc1ccccc1)N1CCC2(CC1)SCC(=O)N2c1cccc(C(F)(F)F)c1. The number of piperidine rings is 1. The molecule has 2 aliphatic rings. The Labute approximate surface area is 182 Å². The normalized spacial score (nSPS) is 18.5. The molecule has 2 aromatic rings. The first kappa shape index (κ1) is 21.5. The van der Waals surface area contributed by atoms with Crippen molar-refractivity contribution in [2.45, 2.75) is 30.4 Å². The topological polar surface area (TPSA) is 52.7 Å². The van der Waals surface area contributed by atoms with Gasteiger partial charge in [0, 0.05) is 25.3 Å². The van der Waals surface area contributed by atoms with Gasteiger partial charge >= 0.3 is 12.2 Å². The first-order valence-corrected chi connectivity index (χ1v) is 11.0. The number of anilines is 1. The molecule has 0 atom stereocenters. The number of rotatable bonds is 3. The molecule has 4 rings (SSSR count). The molecule has 2 aromatic carbocycles. The first-order valence-electron chi connectivity index (χ1n) is 9.99. The quantitative estimate of drug-likeness (QED) is 0.752. The van der Waals surface area contributed by atoms with E-state index in [9.17, 15) is 22.8 Å². The van der Waals surface area contributed by atoms with Gasteiger partial charge in [-0.2, -0.15) is 13.2 Å². The number of alkyl halides is 3. The number of amides is 3. The second-order valence-corrected chi connectivity index (χ2v) is 8.98. The van der Waals surface area contributed by atoms with Crippen LogP contribution in [0.25, 0.3) is 0 Å². The molecule has 5 nitrogen and oxygen atoms in total. The Kier molecular flexibility index (Phi) is 5.88. The van der Waals surface area contributed by atoms with Crippen molar-refractivity contribution in [3.05, 3.63) is 65.7 Å². The summed E-state index contributed by atoms with van der Waals surface area (Å²) < 4.78 is 39.5. The van der Waals surface area contributed by atoms with E-state index >= 15 is 0 Å². The number of carbonyl (C=O) groups is 2. The minimum absolute atomic E-state index is 0.182. The van der Waals surface area contributed by atoms with Gasteiger partial charge in [-0.3, -0.25) is 9.69 Å². The molecule has 2 aliphatic heterocycles. The number of nitrogens with zero attached hydrogens (tertiary/aromatic N) is 2. The molecule has 9 heteroatoms. The van der Waals surface area contributed by atoms with Gasteiger partial charge in [0.2, 0.25) is 5.91 Å². The Hall–Kier alpha value is -2.68. The summed E-state index contributed by atoms with van der Waals surface area (Å²) >= 11 is 1.45. The van der Waals surface area contributed by atoms with Gasteiger partial charge in [-0.05, 0) is 36.6 Å². The predicted molar refractivity (Wildman–Crippen MR) is 114 cm³/mol. The van der Waals surface area contributed by atoms with Crippen LogP contribution in [0.4, 0.5) is 23.7 Å². The van der Waals surface area contributed by atoms with Crippen molar-refractivity contribution in [2.75, 3.05) is 23.7 Å². The molecule has 2 heterocycles. The molecule has 0 saturated carbocycles. The van der Waals surface area contributed by atoms with Crippen molar-refractivity contribution >= 4 is 29.4 Å². The zero-order valence-electron chi connectivity index (χ0n) is 16.7. The van der Waals surface area contributed by atoms with Crippen LogP contribution in [0.3, 0.4) is 0 Å². The van der Waals surface area contributed by atoms with Crippen molar-refractivity contribution in [2.24, 2.45) is 0 Å². The number of hydrogen-bond acceptors (Lipinski definition) is 3. The monoisotopic (exact) mass is 449 g/mol. The van der Waals surface area contributed by atoms with Crippen LogP contribution in [0.15, 0.2) is 54.6 Å². The molecular formula is C22H22F3N3O2S. The summed E-state index contributed by atoms with van der Waals surface area (Å²) in [5.74, 6) is 0.0162. The highest BCUT2D eigenvalue weighted by Crippen LogP contribution is 2.47. The molecule has 0 aromatic heterocycles. The van der Waals surface area contributed by atoms with E-state index in [0.717, 1.165) is 17.7 Å². The van der Waals surface area contributed by atoms with Crippen LogP contribution in [0, 0.1) is 0 Å². The smallest absolute Gasteiger partial charge is 0.334 e. The Morgan fingerprint density at radius 2 is 1.77 bits per heavy atom. The van der Waals surface area contributed by atoms with Crippen molar-refractivity contribution in [3.63, 3.8) is 0 Å². The number of nitrogens with one attached hydrogen (secondary N) is 1. The average Bonchev–Trinajstić information content (AvgIpc) is 3.08. The first-order chi connectivity index (χ1) is 14.8. The third kappa shape index (κ3) is 4.51. The number of benzene rings is 2. The predicted octanol–water partition coefficient (Wildman–Crippen LogP) is 4.49. The van der Waals surface area contributed by atoms with Crippen molar-refractivity contribution in [1.29, 1.82) is 0 Å². The third-order valence-electron chi connectivity index (χ3n) is 5.67. The average molecular weight is 449 g/mol. The molecule has 31 heavy (non-hydrogen) atoms. The van der Waals surface area contributed by atoms with Crippen LogP contribution >= 0.6 is 11.8 Å². The molecule has 3 amide bonds. The summed E-state index contributed by atoms with van der Waals surface area (Å²) in [6.07, 6.45) is -3.48. The number of thioether (sulfide) groups is 1. The fourth-order valence-corrected chi connectivity index (χ4v) is 5.39. The fraction of sp³-hybridized carbons (Fsp3) is 0.364. The maximum Gasteiger partial charge on any atom is 0.416 e. The van der Waals surface area contributed by atoms with Gasteiger partial charge < -0.3 is 10.2 Å². The summed E-state index contributed by atoms with van der Waals surface area (Å²) in [6.45, 7) is 1.28. The second kappa shape index (κ2) is 8.45. The molecule has 1 N–H and O–H groups in total. The van der Waals surface area contributed by atoms with E-state index in [1.165, 1.54) is 22.7 Å². The highest BCUT2D eigenvalue weighted by atomic mass is 32.2. The maximum absolute atomic E-state index is 13.2. The summed E-state index contributed by atoms with van der Waals surface area (Å²) in [4.78, 5) is 27.7. The maximum atomic E-state index is 13.2. The Morgan fingerprint density at radius 3 is 2.45 bits per heavy atom. The van der Waals surface area contributed by atoms with E-state index in [4.69, 9.17) is 0 Å². The van der Waals surface area contributed by atoms with Crippen molar-refractivity contribution in [1.82, 2.24) is 10.2 Å². The lowest BCUT2D eigenvalue weighted by molar-refractivity contribution is -0.137. The molecule has 1 spiro atoms. The van der Waals surface area contributed by atoms with E-state index in [1.54, 1.807) is 11.0 Å². The lowest BCUT2D eigenvalue weighted by Gasteiger charge is -2.44. The van der Waals surface area contributed by atoms with E-state index in [1.807, 2.05) is 30.3 Å². The van der Waals surface area contributed by atoms with E-state index < -0.39 is 16.6 Å². The van der Waals surface area contributed by atoms with Gasteiger partial charge in [0.05, 0.1) is 16.2 Å². The molecule has 0 bridgehead atoms. The van der Waals surface area contributed by atoms with Crippen LogP contribution in [0.1, 0.15) is 24.0 Å². The second-order valence-electron chi connectivity index (χ2n) is 7.64. The van der Waals surface area contributed by atoms with Crippen LogP contribution in [-0.2, 0) is 17.5 Å². The number of halogens is 3. The van der Waals surface area contributed by atoms with E-state index in [2.05, 4.69) is 5.32 Å². The van der Waals surface area contributed by atoms with Crippen LogP contribution in [-0.4, -0.2) is 40.6 Å². The Morgan fingerprint density at radius 1 is 1.06 bits per heavy atom. The molecule has 0 aliphatic carbocycles. The highest BCUT2D eigenvalue weighted by Gasteiger charge is 2.49. The van der Waals surface area contributed by atoms with Crippen LogP contribution in [0.2, 0.25) is 0 Å². The third-order valence-corrected chi connectivity index (χ3v) is 7.19. The zero-order chi connectivity index (χ0) is 22.1. The summed E-state index contributed by atoms with van der Waals surface area (Å²) in [5, 5.41) is 2.90. The molecule has 2 fully saturated rings. The number of likely N-dealkylation sites (tertiary alicyclic amines) is 1. The van der Waals surface area contributed by atoms with Crippen LogP contribution < -0.4 is 10.2 Å². The fourth-order valence-electron chi connectivity index (χ4n) is 4.07. The zero-order valence-corrected chi connectivity index (χ0v) is 17.5. The summed E-state index contributed by atoms with van der Waals surface area (Å²) in [6, 6.07) is 14.3. The van der Waals surface area contributed by atoms with Crippen molar-refractivity contribution in [3.8, 4) is 0 Å². The summed E-state index contributed by atoms with van der Waals surface area (Å²) in [5.41, 5.74) is 0.478. The number of hydrogen-bond donors (Lipinski definition) is 1. The van der Waals surface area contributed by atoms with E-state index in [-0.39, 0.29) is 23.4 Å². The lowest BCUT2D eigenvalue weighted by atomic mass is 10.0. The largest absolute Gasteiger partial charge is 0.416 e. The molecule has 0 radical (unpaired) electrons. The highest BCUT2D eigenvalue weighted by molar-refractivity contribution is 8.02. The lowest BCUT2D eigenvalue weighted by Crippen LogP contribution is -2.54. The van der Waals surface area contributed by atoms with E-state index in [0.29, 0.717) is 32.5 Å². The molecule has 0 unspecified atom stereocenters.